The van der Waals surface area contributed by atoms with Crippen LogP contribution in [0.4, 0.5) is 10.6 Å². The van der Waals surface area contributed by atoms with E-state index in [2.05, 4.69) is 36.3 Å². The van der Waals surface area contributed by atoms with Crippen LogP contribution in [0.15, 0.2) is 6.07 Å². The zero-order chi connectivity index (χ0) is 13.9. The van der Waals surface area contributed by atoms with Gasteiger partial charge in [-0.2, -0.15) is 5.10 Å². The fourth-order valence-corrected chi connectivity index (χ4v) is 2.23. The maximum absolute atomic E-state index is 12.1. The lowest BCUT2D eigenvalue weighted by Gasteiger charge is -2.19. The number of carbonyl (C=O) groups is 1. The normalized spacial score (nSPS) is 17.1. The highest BCUT2D eigenvalue weighted by molar-refractivity contribution is 5.88. The summed E-state index contributed by atoms with van der Waals surface area (Å²) < 4.78 is 0. The van der Waals surface area contributed by atoms with Gasteiger partial charge in [0.1, 0.15) is 0 Å². The first kappa shape index (κ1) is 13.9. The molecule has 0 unspecified atom stereocenters. The lowest BCUT2D eigenvalue weighted by molar-refractivity contribution is 0.213. The van der Waals surface area contributed by atoms with E-state index >= 15 is 0 Å². The Balaban J connectivity index is 1.96. The fourth-order valence-electron chi connectivity index (χ4n) is 2.23. The molecule has 2 N–H and O–H groups in total. The standard InChI is InChI=1S/C14H24N4O/c1-14(2,3)11-10-12(17-16-11)15-13(19)18-8-6-4-5-7-9-18/h10H,4-9H2,1-3H3,(H2,15,16,17,19). The molecule has 1 aliphatic heterocycles. The second-order valence-electron chi connectivity index (χ2n) is 6.25. The maximum atomic E-state index is 12.1. The number of amides is 2. The van der Waals surface area contributed by atoms with Crippen LogP contribution in [0, 0.1) is 0 Å². The average molecular weight is 264 g/mol. The molecule has 19 heavy (non-hydrogen) atoms. The summed E-state index contributed by atoms with van der Waals surface area (Å²) in [4.78, 5) is 14.0. The number of likely N-dealkylation sites (tertiary alicyclic amines) is 1. The molecule has 2 rings (SSSR count). The second-order valence-corrected chi connectivity index (χ2v) is 6.25. The van der Waals surface area contributed by atoms with E-state index < -0.39 is 0 Å². The van der Waals surface area contributed by atoms with E-state index in [9.17, 15) is 4.79 Å². The van der Waals surface area contributed by atoms with Gasteiger partial charge in [0.05, 0.1) is 0 Å². The number of urea groups is 1. The molecule has 0 radical (unpaired) electrons. The molecular formula is C14H24N4O. The van der Waals surface area contributed by atoms with E-state index in [-0.39, 0.29) is 11.4 Å². The lowest BCUT2D eigenvalue weighted by Crippen LogP contribution is -2.35. The predicted molar refractivity (Wildman–Crippen MR) is 76.3 cm³/mol. The Bertz CT molecular complexity index is 425. The van der Waals surface area contributed by atoms with Gasteiger partial charge in [0.25, 0.3) is 0 Å². The number of H-pyrrole nitrogens is 1. The molecule has 0 saturated carbocycles. The third-order valence-corrected chi connectivity index (χ3v) is 3.51. The summed E-state index contributed by atoms with van der Waals surface area (Å²) in [6.07, 6.45) is 4.64. The predicted octanol–water partition coefficient (Wildman–Crippen LogP) is 3.12. The van der Waals surface area contributed by atoms with Gasteiger partial charge in [-0.25, -0.2) is 4.79 Å². The van der Waals surface area contributed by atoms with Gasteiger partial charge in [0.2, 0.25) is 0 Å². The third kappa shape index (κ3) is 3.72. The van der Waals surface area contributed by atoms with E-state index in [1.165, 1.54) is 12.8 Å². The van der Waals surface area contributed by atoms with Crippen molar-refractivity contribution in [1.29, 1.82) is 0 Å². The quantitative estimate of drug-likeness (QED) is 0.818. The van der Waals surface area contributed by atoms with Crippen LogP contribution in [-0.2, 0) is 5.41 Å². The Morgan fingerprint density at radius 1 is 1.26 bits per heavy atom. The number of hydrogen-bond donors (Lipinski definition) is 2. The summed E-state index contributed by atoms with van der Waals surface area (Å²) in [6.45, 7) is 8.04. The molecule has 5 heteroatoms. The Morgan fingerprint density at radius 2 is 1.89 bits per heavy atom. The smallest absolute Gasteiger partial charge is 0.323 e. The average Bonchev–Trinajstić information content (AvgIpc) is 2.63. The van der Waals surface area contributed by atoms with Crippen molar-refractivity contribution >= 4 is 11.8 Å². The molecular weight excluding hydrogens is 240 g/mol. The van der Waals surface area contributed by atoms with Gasteiger partial charge in [-0.1, -0.05) is 33.6 Å². The van der Waals surface area contributed by atoms with Crippen molar-refractivity contribution in [3.8, 4) is 0 Å². The molecule has 0 aliphatic carbocycles. The van der Waals surface area contributed by atoms with E-state index in [1.54, 1.807) is 0 Å². The van der Waals surface area contributed by atoms with Gasteiger partial charge in [-0.15, -0.1) is 0 Å². The van der Waals surface area contributed by atoms with Crippen LogP contribution in [-0.4, -0.2) is 34.2 Å². The van der Waals surface area contributed by atoms with Gasteiger partial charge in [-0.3, -0.25) is 10.4 Å². The van der Waals surface area contributed by atoms with Crippen LogP contribution in [0.1, 0.15) is 52.1 Å². The number of nitrogens with one attached hydrogen (secondary N) is 2. The van der Waals surface area contributed by atoms with Crippen molar-refractivity contribution < 1.29 is 4.79 Å². The minimum atomic E-state index is -0.0335. The lowest BCUT2D eigenvalue weighted by atomic mass is 9.92. The van der Waals surface area contributed by atoms with Crippen molar-refractivity contribution in [3.05, 3.63) is 11.8 Å². The van der Waals surface area contributed by atoms with Crippen LogP contribution in [0.25, 0.3) is 0 Å². The summed E-state index contributed by atoms with van der Waals surface area (Å²) in [5.74, 6) is 0.610. The molecule has 0 spiro atoms. The highest BCUT2D eigenvalue weighted by atomic mass is 16.2. The highest BCUT2D eigenvalue weighted by Crippen LogP contribution is 2.22. The molecule has 1 saturated heterocycles. The minimum absolute atomic E-state index is 0.0125. The van der Waals surface area contributed by atoms with Crippen LogP contribution in [0.3, 0.4) is 0 Å². The SMILES string of the molecule is CC(C)(C)c1cc(NC(=O)N2CCCCCC2)n[nH]1. The molecule has 106 valence electrons. The molecule has 5 nitrogen and oxygen atoms in total. The van der Waals surface area contributed by atoms with Crippen LogP contribution < -0.4 is 5.32 Å². The van der Waals surface area contributed by atoms with E-state index in [0.717, 1.165) is 31.6 Å². The number of anilines is 1. The van der Waals surface area contributed by atoms with Crippen molar-refractivity contribution in [2.45, 2.75) is 51.9 Å². The summed E-state index contributed by atoms with van der Waals surface area (Å²) in [5, 5.41) is 10.0. The Hall–Kier alpha value is -1.52. The Morgan fingerprint density at radius 3 is 2.42 bits per heavy atom. The number of carbonyl (C=O) groups excluding carboxylic acids is 1. The van der Waals surface area contributed by atoms with Crippen LogP contribution in [0.5, 0.6) is 0 Å². The first-order valence-electron chi connectivity index (χ1n) is 7.08. The Kier molecular flexibility index (Phi) is 4.12. The zero-order valence-corrected chi connectivity index (χ0v) is 12.1. The maximum Gasteiger partial charge on any atom is 0.323 e. The molecule has 2 amide bonds. The van der Waals surface area contributed by atoms with Crippen LogP contribution >= 0.6 is 0 Å². The third-order valence-electron chi connectivity index (χ3n) is 3.51. The largest absolute Gasteiger partial charge is 0.325 e. The molecule has 0 bridgehead atoms. The van der Waals surface area contributed by atoms with Gasteiger partial charge in [0.15, 0.2) is 5.82 Å². The minimum Gasteiger partial charge on any atom is -0.325 e. The number of aromatic amines is 1. The zero-order valence-electron chi connectivity index (χ0n) is 12.1. The van der Waals surface area contributed by atoms with Gasteiger partial charge >= 0.3 is 6.03 Å². The number of rotatable bonds is 1. The van der Waals surface area contributed by atoms with E-state index in [4.69, 9.17) is 0 Å². The number of hydrogen-bond acceptors (Lipinski definition) is 2. The first-order valence-corrected chi connectivity index (χ1v) is 7.08. The fraction of sp³-hybridized carbons (Fsp3) is 0.714. The van der Waals surface area contributed by atoms with Crippen molar-refractivity contribution in [1.82, 2.24) is 15.1 Å². The summed E-state index contributed by atoms with van der Waals surface area (Å²) in [7, 11) is 0. The second kappa shape index (κ2) is 5.63. The molecule has 1 aromatic rings. The van der Waals surface area contributed by atoms with Crippen LogP contribution in [0.2, 0.25) is 0 Å². The molecule has 2 heterocycles. The topological polar surface area (TPSA) is 61.0 Å². The molecule has 0 aromatic carbocycles. The molecule has 1 aromatic heterocycles. The van der Waals surface area contributed by atoms with Crippen molar-refractivity contribution in [3.63, 3.8) is 0 Å². The summed E-state index contributed by atoms with van der Waals surface area (Å²) >= 11 is 0. The first-order chi connectivity index (χ1) is 8.97. The monoisotopic (exact) mass is 264 g/mol. The highest BCUT2D eigenvalue weighted by Gasteiger charge is 2.19. The number of aromatic nitrogens is 2. The summed E-state index contributed by atoms with van der Waals surface area (Å²) in [5.41, 5.74) is 1.04. The van der Waals surface area contributed by atoms with Gasteiger partial charge < -0.3 is 4.90 Å². The molecule has 0 atom stereocenters. The molecule has 1 fully saturated rings. The Labute approximate surface area is 114 Å². The van der Waals surface area contributed by atoms with Gasteiger partial charge in [0, 0.05) is 30.3 Å². The number of nitrogens with zero attached hydrogens (tertiary/aromatic N) is 2. The van der Waals surface area contributed by atoms with E-state index in [0.29, 0.717) is 5.82 Å². The summed E-state index contributed by atoms with van der Waals surface area (Å²) in [6, 6.07) is 1.88. The van der Waals surface area contributed by atoms with Crippen molar-refractivity contribution in [2.75, 3.05) is 18.4 Å². The van der Waals surface area contributed by atoms with Gasteiger partial charge in [-0.05, 0) is 12.8 Å². The van der Waals surface area contributed by atoms with E-state index in [1.807, 2.05) is 11.0 Å². The molecule has 1 aliphatic rings. The van der Waals surface area contributed by atoms with Crippen molar-refractivity contribution in [2.24, 2.45) is 0 Å².